The summed E-state index contributed by atoms with van der Waals surface area (Å²) in [6.45, 7) is 5.26. The van der Waals surface area contributed by atoms with E-state index in [1.165, 1.54) is 6.07 Å². The quantitative estimate of drug-likeness (QED) is 0.399. The van der Waals surface area contributed by atoms with Crippen molar-refractivity contribution in [2.24, 2.45) is 0 Å². The number of aromatic nitrogens is 2. The normalized spacial score (nSPS) is 11.4. The second-order valence-corrected chi connectivity index (χ2v) is 5.95. The summed E-state index contributed by atoms with van der Waals surface area (Å²) in [5.41, 5.74) is 3.08. The van der Waals surface area contributed by atoms with Gasteiger partial charge in [-0.3, -0.25) is 10.1 Å². The summed E-state index contributed by atoms with van der Waals surface area (Å²) in [6, 6.07) is 14.6. The molecule has 7 heteroatoms. The Morgan fingerprint density at radius 1 is 1.30 bits per heavy atom. The van der Waals surface area contributed by atoms with Crippen molar-refractivity contribution in [1.82, 2.24) is 9.97 Å². The molecule has 3 aromatic rings. The lowest BCUT2D eigenvalue weighted by atomic mass is 10.1. The van der Waals surface area contributed by atoms with Crippen molar-refractivity contribution < 1.29 is 4.92 Å². The first-order valence-electron chi connectivity index (χ1n) is 8.67. The van der Waals surface area contributed by atoms with Gasteiger partial charge in [0, 0.05) is 19.2 Å². The fourth-order valence-corrected chi connectivity index (χ4v) is 3.01. The van der Waals surface area contributed by atoms with Gasteiger partial charge in [-0.15, -0.1) is 0 Å². The van der Waals surface area contributed by atoms with Crippen LogP contribution in [0.3, 0.4) is 0 Å². The number of nitro benzene ring substituents is 1. The zero-order valence-electron chi connectivity index (χ0n) is 15.1. The molecule has 0 unspecified atom stereocenters. The number of fused-ring (bicyclic) bond motifs is 1. The average molecular weight is 361 g/mol. The molecule has 1 N–H and O–H groups in total. The van der Waals surface area contributed by atoms with Crippen molar-refractivity contribution >= 4 is 34.1 Å². The fourth-order valence-electron chi connectivity index (χ4n) is 3.01. The topological polar surface area (TPSA) is 98.8 Å². The van der Waals surface area contributed by atoms with Crippen LogP contribution in [-0.4, -0.2) is 28.0 Å². The molecule has 0 fully saturated rings. The molecule has 0 aliphatic carbocycles. The number of nitriles is 1. The molecule has 0 saturated heterocycles. The molecule has 0 radical (unpaired) electrons. The van der Waals surface area contributed by atoms with Crippen LogP contribution in [0.15, 0.2) is 42.5 Å². The van der Waals surface area contributed by atoms with Crippen LogP contribution in [0.5, 0.6) is 0 Å². The number of imidazole rings is 1. The van der Waals surface area contributed by atoms with Crippen molar-refractivity contribution in [3.05, 3.63) is 64.0 Å². The molecule has 3 rings (SSSR count). The van der Waals surface area contributed by atoms with Gasteiger partial charge in [-0.25, -0.2) is 4.98 Å². The van der Waals surface area contributed by atoms with Gasteiger partial charge in [0.05, 0.1) is 21.5 Å². The minimum absolute atomic E-state index is 0.0225. The van der Waals surface area contributed by atoms with E-state index in [9.17, 15) is 15.4 Å². The molecule has 27 heavy (non-hydrogen) atoms. The first-order chi connectivity index (χ1) is 13.1. The SMILES string of the molecule is CCN(CC)c1ccc(/C=C(/C#N)c2nc3ccccc3[nH]2)cc1[N+](=O)[O-]. The molecule has 0 spiro atoms. The first kappa shape index (κ1) is 18.1. The van der Waals surface area contributed by atoms with Gasteiger partial charge in [-0.1, -0.05) is 18.2 Å². The number of nitrogens with one attached hydrogen (secondary N) is 1. The summed E-state index contributed by atoms with van der Waals surface area (Å²) in [5.74, 6) is 0.439. The molecule has 1 aromatic heterocycles. The maximum Gasteiger partial charge on any atom is 0.293 e. The number of hydrogen-bond acceptors (Lipinski definition) is 5. The highest BCUT2D eigenvalue weighted by Crippen LogP contribution is 2.30. The third-order valence-electron chi connectivity index (χ3n) is 4.38. The Labute approximate surface area is 156 Å². The predicted octanol–water partition coefficient (Wildman–Crippen LogP) is 4.38. The lowest BCUT2D eigenvalue weighted by Crippen LogP contribution is -2.22. The van der Waals surface area contributed by atoms with E-state index in [4.69, 9.17) is 0 Å². The van der Waals surface area contributed by atoms with Gasteiger partial charge in [-0.2, -0.15) is 5.26 Å². The van der Waals surface area contributed by atoms with E-state index in [0.717, 1.165) is 11.0 Å². The van der Waals surface area contributed by atoms with Gasteiger partial charge < -0.3 is 9.88 Å². The number of rotatable bonds is 6. The van der Waals surface area contributed by atoms with Crippen molar-refractivity contribution in [1.29, 1.82) is 5.26 Å². The lowest BCUT2D eigenvalue weighted by Gasteiger charge is -2.20. The number of aromatic amines is 1. The Hall–Kier alpha value is -3.66. The van der Waals surface area contributed by atoms with Crippen LogP contribution in [0.4, 0.5) is 11.4 Å². The largest absolute Gasteiger partial charge is 0.367 e. The van der Waals surface area contributed by atoms with Gasteiger partial charge in [0.2, 0.25) is 0 Å². The molecule has 0 saturated carbocycles. The van der Waals surface area contributed by atoms with Crippen LogP contribution in [0, 0.1) is 21.4 Å². The number of nitrogens with zero attached hydrogens (tertiary/aromatic N) is 4. The summed E-state index contributed by atoms with van der Waals surface area (Å²) in [7, 11) is 0. The van der Waals surface area contributed by atoms with Crippen molar-refractivity contribution in [2.75, 3.05) is 18.0 Å². The van der Waals surface area contributed by atoms with Crippen LogP contribution < -0.4 is 4.90 Å². The number of allylic oxidation sites excluding steroid dienone is 1. The van der Waals surface area contributed by atoms with E-state index < -0.39 is 4.92 Å². The smallest absolute Gasteiger partial charge is 0.293 e. The fraction of sp³-hybridized carbons (Fsp3) is 0.200. The van der Waals surface area contributed by atoms with E-state index in [-0.39, 0.29) is 5.69 Å². The highest BCUT2D eigenvalue weighted by molar-refractivity contribution is 5.90. The summed E-state index contributed by atoms with van der Waals surface area (Å²) >= 11 is 0. The number of para-hydroxylation sites is 2. The van der Waals surface area contributed by atoms with Gasteiger partial charge >= 0.3 is 0 Å². The maximum absolute atomic E-state index is 11.5. The van der Waals surface area contributed by atoms with E-state index in [1.54, 1.807) is 18.2 Å². The van der Waals surface area contributed by atoms with Gasteiger partial charge in [0.25, 0.3) is 5.69 Å². The van der Waals surface area contributed by atoms with E-state index >= 15 is 0 Å². The molecule has 0 amide bonds. The third kappa shape index (κ3) is 3.65. The third-order valence-corrected chi connectivity index (χ3v) is 4.38. The van der Waals surface area contributed by atoms with E-state index in [1.807, 2.05) is 43.0 Å². The molecule has 0 atom stereocenters. The summed E-state index contributed by atoms with van der Waals surface area (Å²) in [5, 5.41) is 21.1. The monoisotopic (exact) mass is 361 g/mol. The van der Waals surface area contributed by atoms with Gasteiger partial charge in [0.15, 0.2) is 0 Å². The van der Waals surface area contributed by atoms with Crippen LogP contribution >= 0.6 is 0 Å². The zero-order chi connectivity index (χ0) is 19.4. The first-order valence-corrected chi connectivity index (χ1v) is 8.67. The minimum atomic E-state index is -0.391. The Kier molecular flexibility index (Phi) is 5.18. The van der Waals surface area contributed by atoms with Crippen LogP contribution in [0.2, 0.25) is 0 Å². The Balaban J connectivity index is 2.05. The minimum Gasteiger partial charge on any atom is -0.367 e. The molecule has 0 bridgehead atoms. The van der Waals surface area contributed by atoms with Gasteiger partial charge in [0.1, 0.15) is 17.6 Å². The average Bonchev–Trinajstić information content (AvgIpc) is 3.11. The highest BCUT2D eigenvalue weighted by Gasteiger charge is 2.18. The van der Waals surface area contributed by atoms with Gasteiger partial charge in [-0.05, 0) is 43.7 Å². The summed E-state index contributed by atoms with van der Waals surface area (Å²) in [4.78, 5) is 20.6. The molecular weight excluding hydrogens is 342 g/mol. The number of benzene rings is 2. The van der Waals surface area contributed by atoms with Crippen LogP contribution in [0.1, 0.15) is 25.2 Å². The predicted molar refractivity (Wildman–Crippen MR) is 106 cm³/mol. The Morgan fingerprint density at radius 3 is 2.67 bits per heavy atom. The molecule has 1 heterocycles. The molecule has 2 aromatic carbocycles. The number of hydrogen-bond donors (Lipinski definition) is 1. The molecule has 7 nitrogen and oxygen atoms in total. The van der Waals surface area contributed by atoms with Crippen LogP contribution in [0.25, 0.3) is 22.7 Å². The Bertz CT molecular complexity index is 1020. The zero-order valence-corrected chi connectivity index (χ0v) is 15.1. The lowest BCUT2D eigenvalue weighted by molar-refractivity contribution is -0.384. The maximum atomic E-state index is 11.5. The number of H-pyrrole nitrogens is 1. The van der Waals surface area contributed by atoms with Crippen molar-refractivity contribution in [3.63, 3.8) is 0 Å². The van der Waals surface area contributed by atoms with Crippen molar-refractivity contribution in [2.45, 2.75) is 13.8 Å². The van der Waals surface area contributed by atoms with E-state index in [0.29, 0.717) is 35.7 Å². The Morgan fingerprint density at radius 2 is 2.04 bits per heavy atom. The molecule has 0 aliphatic rings. The highest BCUT2D eigenvalue weighted by atomic mass is 16.6. The summed E-state index contributed by atoms with van der Waals surface area (Å²) < 4.78 is 0. The van der Waals surface area contributed by atoms with Crippen molar-refractivity contribution in [3.8, 4) is 6.07 Å². The molecule has 0 aliphatic heterocycles. The molecule has 136 valence electrons. The standard InChI is InChI=1S/C20H19N5O2/c1-3-24(4-2)18-10-9-14(12-19(18)25(26)27)11-15(13-21)20-22-16-7-5-6-8-17(16)23-20/h5-12H,3-4H2,1-2H3,(H,22,23)/b15-11-. The van der Waals surface area contributed by atoms with Crippen LogP contribution in [-0.2, 0) is 0 Å². The number of nitro groups is 1. The van der Waals surface area contributed by atoms with E-state index in [2.05, 4.69) is 16.0 Å². The number of anilines is 1. The second kappa shape index (κ2) is 7.70. The summed E-state index contributed by atoms with van der Waals surface area (Å²) in [6.07, 6.45) is 1.61. The second-order valence-electron chi connectivity index (χ2n) is 5.95. The molecular formula is C20H19N5O2.